The lowest BCUT2D eigenvalue weighted by Crippen LogP contribution is -2.39. The van der Waals surface area contributed by atoms with Gasteiger partial charge >= 0.3 is 0 Å². The van der Waals surface area contributed by atoms with Crippen LogP contribution in [0.25, 0.3) is 0 Å². The number of aromatic nitrogens is 2. The maximum Gasteiger partial charge on any atom is 0.287 e. The fraction of sp³-hybridized carbons (Fsp3) is 0.550. The third-order valence-electron chi connectivity index (χ3n) is 5.46. The first-order valence-corrected chi connectivity index (χ1v) is 9.54. The number of aliphatic hydroxyl groups excluding tert-OH is 1. The summed E-state index contributed by atoms with van der Waals surface area (Å²) in [6.07, 6.45) is 6.29. The molecular formula is C20H26N4O3. The minimum absolute atomic E-state index is 0.0256. The Morgan fingerprint density at radius 1 is 1.37 bits per heavy atom. The molecule has 7 nitrogen and oxygen atoms in total. The molecule has 1 amide bonds. The SMILES string of the molecule is CC1(C)Cc2nc(N3CCC(O)CC3)ncc2[C@H](NC(=O)c2ccco2)C1. The molecule has 0 radical (unpaired) electrons. The van der Waals surface area contributed by atoms with E-state index in [1.807, 2.05) is 6.20 Å². The molecule has 0 unspecified atom stereocenters. The summed E-state index contributed by atoms with van der Waals surface area (Å²) in [7, 11) is 0. The number of carbonyl (C=O) groups excluding carboxylic acids is 1. The molecule has 144 valence electrons. The number of piperidine rings is 1. The van der Waals surface area contributed by atoms with Gasteiger partial charge < -0.3 is 19.7 Å². The van der Waals surface area contributed by atoms with Crippen LogP contribution in [0.4, 0.5) is 5.95 Å². The van der Waals surface area contributed by atoms with Gasteiger partial charge in [-0.15, -0.1) is 0 Å². The molecule has 4 rings (SSSR count). The van der Waals surface area contributed by atoms with Gasteiger partial charge in [0.15, 0.2) is 5.76 Å². The molecule has 27 heavy (non-hydrogen) atoms. The van der Waals surface area contributed by atoms with Crippen molar-refractivity contribution < 1.29 is 14.3 Å². The standard InChI is InChI=1S/C20H26N4O3/c1-20(2)10-15(22-18(26)17-4-3-9-27-17)14-12-21-19(23-16(14)11-20)24-7-5-13(25)6-8-24/h3-4,9,12-13,15,25H,5-8,10-11H2,1-2H3,(H,22,26)/t15-/m1/s1. The van der Waals surface area contributed by atoms with Crippen LogP contribution >= 0.6 is 0 Å². The minimum atomic E-state index is -0.223. The average Bonchev–Trinajstić information content (AvgIpc) is 3.15. The highest BCUT2D eigenvalue weighted by molar-refractivity contribution is 5.91. The highest BCUT2D eigenvalue weighted by atomic mass is 16.3. The molecule has 2 aromatic heterocycles. The van der Waals surface area contributed by atoms with E-state index in [4.69, 9.17) is 9.40 Å². The molecule has 7 heteroatoms. The Morgan fingerprint density at radius 2 is 2.15 bits per heavy atom. The minimum Gasteiger partial charge on any atom is -0.459 e. The topological polar surface area (TPSA) is 91.5 Å². The Morgan fingerprint density at radius 3 is 2.85 bits per heavy atom. The molecule has 1 aliphatic heterocycles. The zero-order valence-electron chi connectivity index (χ0n) is 15.8. The molecule has 0 saturated carbocycles. The van der Waals surface area contributed by atoms with Gasteiger partial charge in [-0.1, -0.05) is 13.8 Å². The normalized spacial score (nSPS) is 22.3. The molecule has 0 bridgehead atoms. The summed E-state index contributed by atoms with van der Waals surface area (Å²) in [4.78, 5) is 24.0. The van der Waals surface area contributed by atoms with Crippen LogP contribution in [0.15, 0.2) is 29.0 Å². The lowest BCUT2D eigenvalue weighted by Gasteiger charge is -2.37. The Hall–Kier alpha value is -2.41. The molecule has 3 heterocycles. The van der Waals surface area contributed by atoms with E-state index < -0.39 is 0 Å². The van der Waals surface area contributed by atoms with Gasteiger partial charge in [0.05, 0.1) is 24.1 Å². The van der Waals surface area contributed by atoms with Gasteiger partial charge in [-0.2, -0.15) is 0 Å². The van der Waals surface area contributed by atoms with Gasteiger partial charge in [-0.25, -0.2) is 9.97 Å². The Kier molecular flexibility index (Phi) is 4.63. The van der Waals surface area contributed by atoms with Crippen LogP contribution in [0, 0.1) is 5.41 Å². The van der Waals surface area contributed by atoms with E-state index in [1.54, 1.807) is 12.1 Å². The molecule has 1 atom stereocenters. The number of carbonyl (C=O) groups is 1. The van der Waals surface area contributed by atoms with E-state index in [9.17, 15) is 9.90 Å². The predicted molar refractivity (Wildman–Crippen MR) is 101 cm³/mol. The third kappa shape index (κ3) is 3.83. The fourth-order valence-electron chi connectivity index (χ4n) is 4.02. The van der Waals surface area contributed by atoms with Gasteiger partial charge in [-0.05, 0) is 43.2 Å². The smallest absolute Gasteiger partial charge is 0.287 e. The van der Waals surface area contributed by atoms with Gasteiger partial charge in [0.1, 0.15) is 0 Å². The number of fused-ring (bicyclic) bond motifs is 1. The van der Waals surface area contributed by atoms with Crippen molar-refractivity contribution in [2.24, 2.45) is 5.41 Å². The summed E-state index contributed by atoms with van der Waals surface area (Å²) >= 11 is 0. The number of hydrogen-bond acceptors (Lipinski definition) is 6. The molecule has 1 fully saturated rings. The maximum atomic E-state index is 12.5. The lowest BCUT2D eigenvalue weighted by atomic mass is 9.74. The second-order valence-electron chi connectivity index (χ2n) is 8.34. The van der Waals surface area contributed by atoms with E-state index in [0.717, 1.165) is 56.0 Å². The van der Waals surface area contributed by atoms with Gasteiger partial charge in [0.25, 0.3) is 5.91 Å². The molecule has 2 aromatic rings. The predicted octanol–water partition coefficient (Wildman–Crippen LogP) is 2.47. The van der Waals surface area contributed by atoms with E-state index in [0.29, 0.717) is 5.76 Å². The van der Waals surface area contributed by atoms with Crippen molar-refractivity contribution in [3.8, 4) is 0 Å². The van der Waals surface area contributed by atoms with Crippen molar-refractivity contribution in [2.75, 3.05) is 18.0 Å². The summed E-state index contributed by atoms with van der Waals surface area (Å²) in [5.41, 5.74) is 2.00. The molecule has 1 aliphatic carbocycles. The number of nitrogens with one attached hydrogen (secondary N) is 1. The fourth-order valence-corrected chi connectivity index (χ4v) is 4.02. The van der Waals surface area contributed by atoms with E-state index >= 15 is 0 Å². The van der Waals surface area contributed by atoms with Crippen LogP contribution in [0.5, 0.6) is 0 Å². The summed E-state index contributed by atoms with van der Waals surface area (Å²) < 4.78 is 5.21. The second kappa shape index (κ2) is 6.96. The van der Waals surface area contributed by atoms with Crippen LogP contribution in [-0.2, 0) is 6.42 Å². The first kappa shape index (κ1) is 18.0. The lowest BCUT2D eigenvalue weighted by molar-refractivity contribution is 0.0890. The quantitative estimate of drug-likeness (QED) is 0.862. The van der Waals surface area contributed by atoms with Gasteiger partial charge in [0.2, 0.25) is 5.95 Å². The highest BCUT2D eigenvalue weighted by Gasteiger charge is 2.35. The van der Waals surface area contributed by atoms with Crippen LogP contribution in [0.2, 0.25) is 0 Å². The first-order valence-electron chi connectivity index (χ1n) is 9.54. The summed E-state index contributed by atoms with van der Waals surface area (Å²) in [5.74, 6) is 0.807. The Balaban J connectivity index is 1.58. The van der Waals surface area contributed by atoms with Gasteiger partial charge in [0, 0.05) is 24.8 Å². The van der Waals surface area contributed by atoms with Crippen molar-refractivity contribution >= 4 is 11.9 Å². The maximum absolute atomic E-state index is 12.5. The Labute approximate surface area is 158 Å². The number of aliphatic hydroxyl groups is 1. The molecule has 0 spiro atoms. The Bertz CT molecular complexity index is 811. The van der Waals surface area contributed by atoms with Gasteiger partial charge in [-0.3, -0.25) is 4.79 Å². The molecular weight excluding hydrogens is 344 g/mol. The van der Waals surface area contributed by atoms with Crippen LogP contribution in [0.3, 0.4) is 0 Å². The van der Waals surface area contributed by atoms with E-state index in [2.05, 4.69) is 29.0 Å². The second-order valence-corrected chi connectivity index (χ2v) is 8.34. The number of anilines is 1. The van der Waals surface area contributed by atoms with E-state index in [1.165, 1.54) is 6.26 Å². The zero-order valence-corrected chi connectivity index (χ0v) is 15.8. The summed E-state index contributed by atoms with van der Waals surface area (Å²) in [6.45, 7) is 5.92. The zero-order chi connectivity index (χ0) is 19.0. The van der Waals surface area contributed by atoms with Crippen LogP contribution < -0.4 is 10.2 Å². The monoisotopic (exact) mass is 370 g/mol. The molecule has 2 N–H and O–H groups in total. The number of rotatable bonds is 3. The molecule has 0 aromatic carbocycles. The van der Waals surface area contributed by atoms with Crippen molar-refractivity contribution in [3.63, 3.8) is 0 Å². The largest absolute Gasteiger partial charge is 0.459 e. The third-order valence-corrected chi connectivity index (χ3v) is 5.46. The first-order chi connectivity index (χ1) is 12.9. The van der Waals surface area contributed by atoms with Crippen LogP contribution in [0.1, 0.15) is 61.0 Å². The van der Waals surface area contributed by atoms with Crippen LogP contribution in [-0.4, -0.2) is 40.2 Å². The number of hydrogen-bond donors (Lipinski definition) is 2. The highest BCUT2D eigenvalue weighted by Crippen LogP contribution is 2.40. The van der Waals surface area contributed by atoms with E-state index in [-0.39, 0.29) is 23.5 Å². The molecule has 2 aliphatic rings. The average molecular weight is 370 g/mol. The number of nitrogens with zero attached hydrogens (tertiary/aromatic N) is 3. The summed E-state index contributed by atoms with van der Waals surface area (Å²) in [6, 6.07) is 3.23. The summed E-state index contributed by atoms with van der Waals surface area (Å²) in [5, 5.41) is 12.8. The number of amides is 1. The van der Waals surface area contributed by atoms with Crippen molar-refractivity contribution in [1.29, 1.82) is 0 Å². The number of furan rings is 1. The van der Waals surface area contributed by atoms with Crippen molar-refractivity contribution in [2.45, 2.75) is 51.7 Å². The van der Waals surface area contributed by atoms with Crippen molar-refractivity contribution in [3.05, 3.63) is 41.6 Å². The van der Waals surface area contributed by atoms with Crippen molar-refractivity contribution in [1.82, 2.24) is 15.3 Å². The molecule has 1 saturated heterocycles.